The molecule has 90 valence electrons. The van der Waals surface area contributed by atoms with Gasteiger partial charge in [0.15, 0.2) is 0 Å². The lowest BCUT2D eigenvalue weighted by Crippen LogP contribution is -2.10. The van der Waals surface area contributed by atoms with E-state index in [0.717, 1.165) is 31.3 Å². The second-order valence-corrected chi connectivity index (χ2v) is 5.06. The van der Waals surface area contributed by atoms with E-state index < -0.39 is 0 Å². The van der Waals surface area contributed by atoms with Crippen molar-refractivity contribution >= 4 is 0 Å². The molecule has 0 unspecified atom stereocenters. The average molecular weight is 220 g/mol. The van der Waals surface area contributed by atoms with Crippen molar-refractivity contribution in [3.63, 3.8) is 0 Å². The first-order valence-corrected chi connectivity index (χ1v) is 6.16. The van der Waals surface area contributed by atoms with Gasteiger partial charge in [0.25, 0.3) is 0 Å². The van der Waals surface area contributed by atoms with E-state index >= 15 is 0 Å². The molecule has 0 heterocycles. The lowest BCUT2D eigenvalue weighted by Gasteiger charge is -2.17. The van der Waals surface area contributed by atoms with Crippen molar-refractivity contribution < 1.29 is 5.11 Å². The maximum atomic E-state index is 10.1. The van der Waals surface area contributed by atoms with Gasteiger partial charge < -0.3 is 5.11 Å². The normalized spacial score (nSPS) is 23.6. The van der Waals surface area contributed by atoms with Crippen molar-refractivity contribution in [2.24, 2.45) is 0 Å². The second kappa shape index (κ2) is 6.05. The van der Waals surface area contributed by atoms with Gasteiger partial charge in [-0.05, 0) is 59.0 Å². The zero-order valence-corrected chi connectivity index (χ0v) is 11.0. The first kappa shape index (κ1) is 13.2. The highest BCUT2D eigenvalue weighted by molar-refractivity contribution is 5.21. The van der Waals surface area contributed by atoms with Gasteiger partial charge in [-0.1, -0.05) is 28.9 Å². The van der Waals surface area contributed by atoms with Crippen LogP contribution < -0.4 is 0 Å². The molecule has 0 saturated heterocycles. The topological polar surface area (TPSA) is 20.2 Å². The number of aliphatic hydroxyl groups is 1. The number of hydrogen-bond acceptors (Lipinski definition) is 1. The molecule has 0 bridgehead atoms. The minimum Gasteiger partial charge on any atom is -0.388 e. The van der Waals surface area contributed by atoms with Crippen LogP contribution >= 0.6 is 0 Å². The molecule has 16 heavy (non-hydrogen) atoms. The Bertz CT molecular complexity index is 327. The van der Waals surface area contributed by atoms with Gasteiger partial charge in [-0.15, -0.1) is 0 Å². The highest BCUT2D eigenvalue weighted by Gasteiger charge is 2.11. The lowest BCUT2D eigenvalue weighted by molar-refractivity contribution is 0.209. The van der Waals surface area contributed by atoms with Gasteiger partial charge in [-0.2, -0.15) is 0 Å². The van der Waals surface area contributed by atoms with E-state index in [1.807, 2.05) is 6.92 Å². The molecular formula is C15H24O. The summed E-state index contributed by atoms with van der Waals surface area (Å²) in [5.74, 6) is 0. The molecule has 0 aromatic carbocycles. The van der Waals surface area contributed by atoms with Gasteiger partial charge in [-0.3, -0.25) is 0 Å². The Balaban J connectivity index is 2.92. The fourth-order valence-corrected chi connectivity index (χ4v) is 1.95. The van der Waals surface area contributed by atoms with Gasteiger partial charge in [0.05, 0.1) is 6.10 Å². The molecule has 0 aromatic rings. The van der Waals surface area contributed by atoms with Crippen LogP contribution in [0.4, 0.5) is 0 Å². The molecule has 1 aliphatic carbocycles. The van der Waals surface area contributed by atoms with Crippen molar-refractivity contribution in [3.8, 4) is 0 Å². The van der Waals surface area contributed by atoms with Crippen LogP contribution in [0.2, 0.25) is 0 Å². The monoisotopic (exact) mass is 220 g/mol. The van der Waals surface area contributed by atoms with Gasteiger partial charge >= 0.3 is 0 Å². The zero-order chi connectivity index (χ0) is 12.1. The molecule has 1 nitrogen and oxygen atoms in total. The molecule has 0 aliphatic heterocycles. The second-order valence-electron chi connectivity index (χ2n) is 5.06. The molecule has 1 aliphatic rings. The van der Waals surface area contributed by atoms with Crippen LogP contribution in [0.15, 0.2) is 34.4 Å². The molecule has 0 radical (unpaired) electrons. The summed E-state index contributed by atoms with van der Waals surface area (Å²) in [5, 5.41) is 10.1. The Morgan fingerprint density at radius 3 is 2.56 bits per heavy atom. The molecule has 0 amide bonds. The third kappa shape index (κ3) is 3.97. The smallest absolute Gasteiger partial charge is 0.0784 e. The van der Waals surface area contributed by atoms with Gasteiger partial charge in [0.2, 0.25) is 0 Å². The minimum absolute atomic E-state index is 0.295. The molecule has 1 atom stereocenters. The van der Waals surface area contributed by atoms with Gasteiger partial charge in [0, 0.05) is 0 Å². The van der Waals surface area contributed by atoms with Crippen LogP contribution in [0.25, 0.3) is 0 Å². The minimum atomic E-state index is -0.295. The highest BCUT2D eigenvalue weighted by atomic mass is 16.3. The lowest BCUT2D eigenvalue weighted by atomic mass is 9.93. The first-order valence-electron chi connectivity index (χ1n) is 6.16. The summed E-state index contributed by atoms with van der Waals surface area (Å²) in [5.41, 5.74) is 5.30. The number of rotatable bonds is 0. The Morgan fingerprint density at radius 2 is 1.94 bits per heavy atom. The molecule has 0 aromatic heterocycles. The van der Waals surface area contributed by atoms with Crippen molar-refractivity contribution in [2.75, 3.05) is 0 Å². The molecule has 1 rings (SSSR count). The third-order valence-corrected chi connectivity index (χ3v) is 3.37. The van der Waals surface area contributed by atoms with E-state index in [1.165, 1.54) is 16.7 Å². The largest absolute Gasteiger partial charge is 0.388 e. The summed E-state index contributed by atoms with van der Waals surface area (Å²) in [6.45, 7) is 8.50. The van der Waals surface area contributed by atoms with E-state index in [-0.39, 0.29) is 6.10 Å². The Labute approximate surface area is 99.6 Å². The van der Waals surface area contributed by atoms with Crippen LogP contribution in [0.3, 0.4) is 0 Å². The fraction of sp³-hybridized carbons (Fsp3) is 0.600. The number of allylic oxidation sites excluding steroid dienone is 4. The molecular weight excluding hydrogens is 196 g/mol. The third-order valence-electron chi connectivity index (χ3n) is 3.37. The van der Waals surface area contributed by atoms with Crippen LogP contribution in [0.1, 0.15) is 53.4 Å². The van der Waals surface area contributed by atoms with Crippen molar-refractivity contribution in [2.45, 2.75) is 59.5 Å². The number of hydrogen-bond donors (Lipinski definition) is 1. The van der Waals surface area contributed by atoms with E-state index in [4.69, 9.17) is 0 Å². The molecule has 1 N–H and O–H groups in total. The van der Waals surface area contributed by atoms with Gasteiger partial charge in [-0.25, -0.2) is 0 Å². The SMILES string of the molecule is CC1=CCC(=C(C)C)C[C@@H](O)C(C)=CCC1. The molecule has 0 fully saturated rings. The van der Waals surface area contributed by atoms with Crippen molar-refractivity contribution in [3.05, 3.63) is 34.4 Å². The molecule has 0 saturated carbocycles. The van der Waals surface area contributed by atoms with Crippen molar-refractivity contribution in [1.82, 2.24) is 0 Å². The maximum absolute atomic E-state index is 10.1. The summed E-state index contributed by atoms with van der Waals surface area (Å²) >= 11 is 0. The van der Waals surface area contributed by atoms with Crippen molar-refractivity contribution in [1.29, 1.82) is 0 Å². The predicted octanol–water partition coefficient (Wildman–Crippen LogP) is 4.15. The summed E-state index contributed by atoms with van der Waals surface area (Å²) in [6.07, 6.45) is 8.14. The fourth-order valence-electron chi connectivity index (χ4n) is 1.95. The summed E-state index contributed by atoms with van der Waals surface area (Å²) in [7, 11) is 0. The highest BCUT2D eigenvalue weighted by Crippen LogP contribution is 2.23. The maximum Gasteiger partial charge on any atom is 0.0784 e. The first-order chi connectivity index (χ1) is 7.50. The van der Waals surface area contributed by atoms with E-state index in [0.29, 0.717) is 0 Å². The van der Waals surface area contributed by atoms with Crippen LogP contribution in [0.5, 0.6) is 0 Å². The predicted molar refractivity (Wildman–Crippen MR) is 70.4 cm³/mol. The van der Waals surface area contributed by atoms with Crippen LogP contribution in [-0.4, -0.2) is 11.2 Å². The van der Waals surface area contributed by atoms with E-state index in [2.05, 4.69) is 32.9 Å². The zero-order valence-electron chi connectivity index (χ0n) is 11.0. The molecule has 0 spiro atoms. The Morgan fingerprint density at radius 1 is 1.25 bits per heavy atom. The Kier molecular flexibility index (Phi) is 5.01. The quantitative estimate of drug-likeness (QED) is 0.608. The number of aliphatic hydroxyl groups excluding tert-OH is 1. The van der Waals surface area contributed by atoms with Gasteiger partial charge in [0.1, 0.15) is 0 Å². The van der Waals surface area contributed by atoms with Crippen LogP contribution in [0, 0.1) is 0 Å². The average Bonchev–Trinajstić information content (AvgIpc) is 2.22. The summed E-state index contributed by atoms with van der Waals surface area (Å²) < 4.78 is 0. The summed E-state index contributed by atoms with van der Waals surface area (Å²) in [6, 6.07) is 0. The van der Waals surface area contributed by atoms with E-state index in [1.54, 1.807) is 0 Å². The summed E-state index contributed by atoms with van der Waals surface area (Å²) in [4.78, 5) is 0. The standard InChI is InChI=1S/C15H24O/c1-11(2)14-9-8-12(3)6-5-7-13(4)15(16)10-14/h7-8,15-16H,5-6,9-10H2,1-4H3/t15-/m1/s1. The van der Waals surface area contributed by atoms with Crippen LogP contribution in [-0.2, 0) is 0 Å². The Hall–Kier alpha value is -0.820. The van der Waals surface area contributed by atoms with E-state index in [9.17, 15) is 5.11 Å². The molecule has 1 heteroatoms.